The van der Waals surface area contributed by atoms with Crippen LogP contribution in [0.3, 0.4) is 0 Å². The molecule has 0 aromatic carbocycles. The van der Waals surface area contributed by atoms with Crippen molar-refractivity contribution in [2.45, 2.75) is 13.0 Å². The van der Waals surface area contributed by atoms with Crippen LogP contribution in [0.25, 0.3) is 0 Å². The zero-order chi connectivity index (χ0) is 11.0. The molecule has 0 aliphatic carbocycles. The third-order valence-electron chi connectivity index (χ3n) is 1.64. The smallest absolute Gasteiger partial charge is 0.166 e. The maximum Gasteiger partial charge on any atom is 0.166 e. The fourth-order valence-electron chi connectivity index (χ4n) is 0.960. The van der Waals surface area contributed by atoms with E-state index in [1.54, 1.807) is 7.11 Å². The van der Waals surface area contributed by atoms with Crippen LogP contribution >= 0.6 is 12.2 Å². The number of nitrogens with zero attached hydrogens (tertiary/aromatic N) is 1. The first-order valence-corrected chi connectivity index (χ1v) is 5.15. The van der Waals surface area contributed by atoms with Gasteiger partial charge >= 0.3 is 0 Å². The molecule has 0 rings (SSSR count). The normalized spacial score (nSPS) is 12.6. The van der Waals surface area contributed by atoms with Crippen molar-refractivity contribution in [3.8, 4) is 0 Å². The minimum absolute atomic E-state index is 0.249. The topological polar surface area (TPSA) is 36.5 Å². The Labute approximate surface area is 92.0 Å². The number of methoxy groups -OCH3 is 1. The van der Waals surface area contributed by atoms with Crippen molar-refractivity contribution in [3.05, 3.63) is 0 Å². The van der Waals surface area contributed by atoms with Gasteiger partial charge in [-0.3, -0.25) is 0 Å². The van der Waals surface area contributed by atoms with Crippen LogP contribution in [0.15, 0.2) is 0 Å². The third-order valence-corrected chi connectivity index (χ3v) is 1.90. The third kappa shape index (κ3) is 8.22. The van der Waals surface area contributed by atoms with E-state index in [2.05, 4.69) is 15.5 Å². The average Bonchev–Trinajstić information content (AvgIpc) is 2.03. The number of rotatable bonds is 6. The number of hydrogen-bond acceptors (Lipinski definition) is 3. The average molecular weight is 219 g/mol. The monoisotopic (exact) mass is 219 g/mol. The summed E-state index contributed by atoms with van der Waals surface area (Å²) < 4.78 is 4.99. The van der Waals surface area contributed by atoms with Crippen molar-refractivity contribution in [2.24, 2.45) is 0 Å². The molecule has 0 aliphatic rings. The van der Waals surface area contributed by atoms with E-state index in [0.717, 1.165) is 13.1 Å². The summed E-state index contributed by atoms with van der Waals surface area (Å²) in [6.07, 6.45) is 0. The molecular formula is C9H21N3OS. The molecule has 4 nitrogen and oxygen atoms in total. The predicted octanol–water partition coefficient (Wildman–Crippen LogP) is 0.0470. The predicted molar refractivity (Wildman–Crippen MR) is 63.6 cm³/mol. The molecule has 14 heavy (non-hydrogen) atoms. The van der Waals surface area contributed by atoms with Crippen LogP contribution in [-0.4, -0.2) is 57.0 Å². The van der Waals surface area contributed by atoms with Gasteiger partial charge in [0, 0.05) is 26.2 Å². The molecule has 1 atom stereocenters. The summed E-state index contributed by atoms with van der Waals surface area (Å²) in [5.74, 6) is 0. The van der Waals surface area contributed by atoms with Gasteiger partial charge in [0.25, 0.3) is 0 Å². The second-order valence-electron chi connectivity index (χ2n) is 3.56. The van der Waals surface area contributed by atoms with Gasteiger partial charge in [-0.25, -0.2) is 0 Å². The first kappa shape index (κ1) is 13.6. The lowest BCUT2D eigenvalue weighted by Crippen LogP contribution is -2.44. The minimum Gasteiger partial charge on any atom is -0.383 e. The van der Waals surface area contributed by atoms with E-state index in [9.17, 15) is 0 Å². The molecule has 1 unspecified atom stereocenters. The van der Waals surface area contributed by atoms with Gasteiger partial charge in [0.1, 0.15) is 0 Å². The summed E-state index contributed by atoms with van der Waals surface area (Å²) >= 11 is 5.10. The highest BCUT2D eigenvalue weighted by molar-refractivity contribution is 7.80. The van der Waals surface area contributed by atoms with E-state index in [4.69, 9.17) is 17.0 Å². The van der Waals surface area contributed by atoms with E-state index >= 15 is 0 Å². The van der Waals surface area contributed by atoms with Crippen LogP contribution in [0.4, 0.5) is 0 Å². The van der Waals surface area contributed by atoms with Gasteiger partial charge < -0.3 is 20.3 Å². The number of likely N-dealkylation sites (N-methyl/N-ethyl adjacent to an activating group) is 1. The van der Waals surface area contributed by atoms with Crippen LogP contribution in [0.1, 0.15) is 6.92 Å². The molecular weight excluding hydrogens is 198 g/mol. The SMILES string of the molecule is COCC(C)NC(=S)NCCN(C)C. The Morgan fingerprint density at radius 1 is 1.50 bits per heavy atom. The van der Waals surface area contributed by atoms with Gasteiger partial charge in [-0.1, -0.05) is 0 Å². The summed E-state index contributed by atoms with van der Waals surface area (Å²) in [6, 6.07) is 0.249. The summed E-state index contributed by atoms with van der Waals surface area (Å²) in [5, 5.41) is 6.95. The van der Waals surface area contributed by atoms with Gasteiger partial charge in [0.05, 0.1) is 6.61 Å². The summed E-state index contributed by atoms with van der Waals surface area (Å²) in [4.78, 5) is 2.11. The van der Waals surface area contributed by atoms with E-state index in [-0.39, 0.29) is 6.04 Å². The van der Waals surface area contributed by atoms with Crippen molar-refractivity contribution in [3.63, 3.8) is 0 Å². The Kier molecular flexibility index (Phi) is 7.74. The first-order chi connectivity index (χ1) is 6.56. The number of thiocarbonyl (C=S) groups is 1. The van der Waals surface area contributed by atoms with Crippen molar-refractivity contribution in [1.29, 1.82) is 0 Å². The molecule has 5 heteroatoms. The van der Waals surface area contributed by atoms with Crippen LogP contribution in [0.5, 0.6) is 0 Å². The highest BCUT2D eigenvalue weighted by Gasteiger charge is 2.02. The van der Waals surface area contributed by atoms with Gasteiger partial charge in [-0.2, -0.15) is 0 Å². The van der Waals surface area contributed by atoms with Gasteiger partial charge in [-0.15, -0.1) is 0 Å². The molecule has 0 aromatic rings. The van der Waals surface area contributed by atoms with Crippen molar-refractivity contribution in [2.75, 3.05) is 40.9 Å². The Balaban J connectivity index is 3.45. The zero-order valence-electron chi connectivity index (χ0n) is 9.46. The molecule has 0 heterocycles. The molecule has 0 radical (unpaired) electrons. The number of hydrogen-bond donors (Lipinski definition) is 2. The second-order valence-corrected chi connectivity index (χ2v) is 3.97. The Hall–Kier alpha value is -0.390. The molecule has 0 spiro atoms. The highest BCUT2D eigenvalue weighted by atomic mass is 32.1. The highest BCUT2D eigenvalue weighted by Crippen LogP contribution is 1.82. The van der Waals surface area contributed by atoms with E-state index in [1.165, 1.54) is 0 Å². The minimum atomic E-state index is 0.249. The maximum absolute atomic E-state index is 5.10. The Bertz CT molecular complexity index is 164. The van der Waals surface area contributed by atoms with Crippen molar-refractivity contribution in [1.82, 2.24) is 15.5 Å². The van der Waals surface area contributed by atoms with Crippen LogP contribution in [0.2, 0.25) is 0 Å². The zero-order valence-corrected chi connectivity index (χ0v) is 10.3. The quantitative estimate of drug-likeness (QED) is 0.617. The van der Waals surface area contributed by atoms with E-state index in [1.807, 2.05) is 21.0 Å². The maximum atomic E-state index is 5.10. The molecule has 0 amide bonds. The fraction of sp³-hybridized carbons (Fsp3) is 0.889. The number of ether oxygens (including phenoxy) is 1. The van der Waals surface area contributed by atoms with Gasteiger partial charge in [0.2, 0.25) is 0 Å². The molecule has 2 N–H and O–H groups in total. The standard InChI is InChI=1S/C9H21N3OS/c1-8(7-13-4)11-9(14)10-5-6-12(2)3/h8H,5-7H2,1-4H3,(H2,10,11,14). The van der Waals surface area contributed by atoms with E-state index in [0.29, 0.717) is 11.7 Å². The lowest BCUT2D eigenvalue weighted by atomic mass is 10.4. The molecule has 0 bridgehead atoms. The van der Waals surface area contributed by atoms with Gasteiger partial charge in [-0.05, 0) is 33.2 Å². The van der Waals surface area contributed by atoms with Gasteiger partial charge in [0.15, 0.2) is 5.11 Å². The molecule has 0 saturated heterocycles. The molecule has 0 aromatic heterocycles. The lowest BCUT2D eigenvalue weighted by molar-refractivity contribution is 0.179. The first-order valence-electron chi connectivity index (χ1n) is 4.74. The molecule has 0 fully saturated rings. The van der Waals surface area contributed by atoms with Crippen molar-refractivity contribution < 1.29 is 4.74 Å². The van der Waals surface area contributed by atoms with Crippen LogP contribution < -0.4 is 10.6 Å². The summed E-state index contributed by atoms with van der Waals surface area (Å²) in [5.41, 5.74) is 0. The van der Waals surface area contributed by atoms with E-state index < -0.39 is 0 Å². The lowest BCUT2D eigenvalue weighted by Gasteiger charge is -2.17. The number of nitrogens with one attached hydrogen (secondary N) is 2. The molecule has 0 saturated carbocycles. The summed E-state index contributed by atoms with van der Waals surface area (Å²) in [6.45, 7) is 4.53. The summed E-state index contributed by atoms with van der Waals surface area (Å²) in [7, 11) is 5.75. The fourth-order valence-corrected chi connectivity index (χ4v) is 1.26. The molecule has 0 aliphatic heterocycles. The van der Waals surface area contributed by atoms with Crippen LogP contribution in [-0.2, 0) is 4.74 Å². The Morgan fingerprint density at radius 3 is 2.64 bits per heavy atom. The largest absolute Gasteiger partial charge is 0.383 e. The van der Waals surface area contributed by atoms with Crippen LogP contribution in [0, 0.1) is 0 Å². The molecule has 84 valence electrons. The Morgan fingerprint density at radius 2 is 2.14 bits per heavy atom. The van der Waals surface area contributed by atoms with Crippen molar-refractivity contribution >= 4 is 17.3 Å². The second kappa shape index (κ2) is 7.96.